The standard InChI is InChI=1S/C13H23N5O7/c1-6(19)11(18-9(21)4-14)12(23)16-5-10(22)17-7(13(24)25)2-3-8(15)20/h6-7,11,19H,2-5,14H2,1H3,(H2,15,20)(H,16,23)(H,17,22)(H,18,21)(H,24,25). The summed E-state index contributed by atoms with van der Waals surface area (Å²) in [6, 6.07) is -2.67. The molecule has 0 spiro atoms. The number of nitrogens with two attached hydrogens (primary N) is 2. The predicted molar refractivity (Wildman–Crippen MR) is 83.7 cm³/mol. The van der Waals surface area contributed by atoms with Gasteiger partial charge in [-0.1, -0.05) is 0 Å². The Morgan fingerprint density at radius 3 is 2.12 bits per heavy atom. The first-order valence-electron chi connectivity index (χ1n) is 7.34. The average Bonchev–Trinajstić information content (AvgIpc) is 2.52. The molecule has 0 aliphatic heterocycles. The lowest BCUT2D eigenvalue weighted by atomic mass is 10.1. The lowest BCUT2D eigenvalue weighted by Gasteiger charge is -2.20. The second kappa shape index (κ2) is 10.9. The monoisotopic (exact) mass is 361 g/mol. The Labute approximate surface area is 143 Å². The summed E-state index contributed by atoms with van der Waals surface area (Å²) in [5, 5.41) is 24.9. The molecule has 3 atom stereocenters. The Balaban J connectivity index is 4.57. The highest BCUT2D eigenvalue weighted by Gasteiger charge is 2.26. The summed E-state index contributed by atoms with van der Waals surface area (Å²) < 4.78 is 0. The third-order valence-corrected chi connectivity index (χ3v) is 3.00. The topological polar surface area (TPSA) is 214 Å². The first-order chi connectivity index (χ1) is 11.6. The molecule has 0 aliphatic rings. The summed E-state index contributed by atoms with van der Waals surface area (Å²) in [6.07, 6.45) is -1.69. The van der Waals surface area contributed by atoms with E-state index in [4.69, 9.17) is 16.6 Å². The van der Waals surface area contributed by atoms with E-state index in [1.165, 1.54) is 6.92 Å². The van der Waals surface area contributed by atoms with Gasteiger partial charge in [0.05, 0.1) is 19.2 Å². The molecule has 0 saturated heterocycles. The SMILES string of the molecule is CC(O)C(NC(=O)CN)C(=O)NCC(=O)NC(CCC(N)=O)C(=O)O. The molecule has 3 unspecified atom stereocenters. The fourth-order valence-corrected chi connectivity index (χ4v) is 1.70. The zero-order valence-corrected chi connectivity index (χ0v) is 13.7. The van der Waals surface area contributed by atoms with Crippen LogP contribution in [0.3, 0.4) is 0 Å². The fourth-order valence-electron chi connectivity index (χ4n) is 1.70. The summed E-state index contributed by atoms with van der Waals surface area (Å²) >= 11 is 0. The van der Waals surface area contributed by atoms with Crippen LogP contribution in [0.1, 0.15) is 19.8 Å². The van der Waals surface area contributed by atoms with Gasteiger partial charge in [0.25, 0.3) is 0 Å². The van der Waals surface area contributed by atoms with Crippen molar-refractivity contribution in [1.82, 2.24) is 16.0 Å². The van der Waals surface area contributed by atoms with Gasteiger partial charge in [0.2, 0.25) is 23.6 Å². The van der Waals surface area contributed by atoms with Crippen LogP contribution in [-0.2, 0) is 24.0 Å². The van der Waals surface area contributed by atoms with Crippen molar-refractivity contribution in [2.45, 2.75) is 38.0 Å². The molecule has 0 rings (SSSR count). The van der Waals surface area contributed by atoms with Crippen molar-refractivity contribution in [3.8, 4) is 0 Å². The van der Waals surface area contributed by atoms with Crippen LogP contribution in [0.25, 0.3) is 0 Å². The van der Waals surface area contributed by atoms with Crippen molar-refractivity contribution >= 4 is 29.6 Å². The van der Waals surface area contributed by atoms with Gasteiger partial charge in [-0.25, -0.2) is 4.79 Å². The first-order valence-corrected chi connectivity index (χ1v) is 7.34. The van der Waals surface area contributed by atoms with Gasteiger partial charge < -0.3 is 37.6 Å². The highest BCUT2D eigenvalue weighted by molar-refractivity contribution is 5.92. The third kappa shape index (κ3) is 9.22. The van der Waals surface area contributed by atoms with Crippen LogP contribution in [0.4, 0.5) is 0 Å². The van der Waals surface area contributed by atoms with Crippen LogP contribution < -0.4 is 27.4 Å². The van der Waals surface area contributed by atoms with Crippen LogP contribution in [0.5, 0.6) is 0 Å². The van der Waals surface area contributed by atoms with Gasteiger partial charge in [-0.15, -0.1) is 0 Å². The van der Waals surface area contributed by atoms with Crippen molar-refractivity contribution in [2.24, 2.45) is 11.5 Å². The molecule has 0 fully saturated rings. The molecular formula is C13H23N5O7. The van der Waals surface area contributed by atoms with E-state index < -0.39 is 60.9 Å². The van der Waals surface area contributed by atoms with Crippen molar-refractivity contribution in [2.75, 3.05) is 13.1 Å². The molecule has 25 heavy (non-hydrogen) atoms. The maximum Gasteiger partial charge on any atom is 0.326 e. The maximum absolute atomic E-state index is 11.9. The van der Waals surface area contributed by atoms with Gasteiger partial charge in [0.1, 0.15) is 12.1 Å². The van der Waals surface area contributed by atoms with E-state index in [1.807, 2.05) is 0 Å². The van der Waals surface area contributed by atoms with Crippen LogP contribution >= 0.6 is 0 Å². The number of aliphatic hydroxyl groups is 1. The number of hydrogen-bond acceptors (Lipinski definition) is 7. The summed E-state index contributed by atoms with van der Waals surface area (Å²) in [5.41, 5.74) is 10.0. The normalized spacial score (nSPS) is 13.9. The Kier molecular flexibility index (Phi) is 9.74. The molecule has 4 amide bonds. The van der Waals surface area contributed by atoms with Crippen LogP contribution in [0, 0.1) is 0 Å². The lowest BCUT2D eigenvalue weighted by molar-refractivity contribution is -0.142. The summed E-state index contributed by atoms with van der Waals surface area (Å²) in [7, 11) is 0. The first kappa shape index (κ1) is 22.3. The maximum atomic E-state index is 11.9. The van der Waals surface area contributed by atoms with E-state index in [0.29, 0.717) is 0 Å². The predicted octanol–water partition coefficient (Wildman–Crippen LogP) is -4.24. The van der Waals surface area contributed by atoms with Crippen molar-refractivity contribution in [3.05, 3.63) is 0 Å². The molecule has 9 N–H and O–H groups in total. The second-order valence-electron chi connectivity index (χ2n) is 5.17. The van der Waals surface area contributed by atoms with E-state index in [0.717, 1.165) is 0 Å². The molecule has 0 radical (unpaired) electrons. The number of rotatable bonds is 11. The van der Waals surface area contributed by atoms with Gasteiger partial charge in [-0.05, 0) is 13.3 Å². The number of amides is 4. The number of aliphatic carboxylic acids is 1. The number of carbonyl (C=O) groups is 5. The number of carbonyl (C=O) groups excluding carboxylic acids is 4. The van der Waals surface area contributed by atoms with E-state index in [9.17, 15) is 29.1 Å². The molecule has 0 aromatic heterocycles. The van der Waals surface area contributed by atoms with Gasteiger partial charge in [-0.2, -0.15) is 0 Å². The number of carboxylic acids is 1. The Hall–Kier alpha value is -2.73. The molecule has 0 aliphatic carbocycles. The number of aliphatic hydroxyl groups excluding tert-OH is 1. The van der Waals surface area contributed by atoms with Gasteiger partial charge >= 0.3 is 5.97 Å². The largest absolute Gasteiger partial charge is 0.480 e. The molecule has 12 heteroatoms. The van der Waals surface area contributed by atoms with E-state index in [-0.39, 0.29) is 12.8 Å². The highest BCUT2D eigenvalue weighted by atomic mass is 16.4. The number of hydrogen-bond donors (Lipinski definition) is 7. The Morgan fingerprint density at radius 2 is 1.68 bits per heavy atom. The average molecular weight is 361 g/mol. The van der Waals surface area contributed by atoms with E-state index in [1.54, 1.807) is 0 Å². The quantitative estimate of drug-likeness (QED) is 0.191. The number of carboxylic acid groups (broad SMARTS) is 1. The second-order valence-corrected chi connectivity index (χ2v) is 5.17. The van der Waals surface area contributed by atoms with E-state index >= 15 is 0 Å². The molecule has 0 heterocycles. The molecule has 0 aromatic carbocycles. The number of nitrogens with one attached hydrogen (secondary N) is 3. The number of primary amides is 1. The van der Waals surface area contributed by atoms with Crippen LogP contribution in [-0.4, -0.2) is 71.1 Å². The smallest absolute Gasteiger partial charge is 0.326 e. The summed E-state index contributed by atoms with van der Waals surface area (Å²) in [5.74, 6) is -4.44. The van der Waals surface area contributed by atoms with Gasteiger partial charge in [0.15, 0.2) is 0 Å². The van der Waals surface area contributed by atoms with Crippen molar-refractivity contribution in [1.29, 1.82) is 0 Å². The Bertz CT molecular complexity index is 523. The summed E-state index contributed by atoms with van der Waals surface area (Å²) in [6.45, 7) is 0.267. The van der Waals surface area contributed by atoms with Gasteiger partial charge in [0, 0.05) is 6.42 Å². The molecule has 0 bridgehead atoms. The third-order valence-electron chi connectivity index (χ3n) is 3.00. The van der Waals surface area contributed by atoms with E-state index in [2.05, 4.69) is 16.0 Å². The molecule has 142 valence electrons. The van der Waals surface area contributed by atoms with Crippen molar-refractivity contribution < 1.29 is 34.2 Å². The molecular weight excluding hydrogens is 338 g/mol. The minimum Gasteiger partial charge on any atom is -0.480 e. The fraction of sp³-hybridized carbons (Fsp3) is 0.615. The lowest BCUT2D eigenvalue weighted by Crippen LogP contribution is -2.55. The zero-order valence-electron chi connectivity index (χ0n) is 13.7. The highest BCUT2D eigenvalue weighted by Crippen LogP contribution is 1.97. The van der Waals surface area contributed by atoms with Gasteiger partial charge in [-0.3, -0.25) is 19.2 Å². The molecule has 0 saturated carbocycles. The molecule has 0 aromatic rings. The van der Waals surface area contributed by atoms with Crippen molar-refractivity contribution in [3.63, 3.8) is 0 Å². The summed E-state index contributed by atoms with van der Waals surface area (Å²) in [4.78, 5) is 56.5. The minimum atomic E-state index is -1.36. The molecule has 12 nitrogen and oxygen atoms in total. The van der Waals surface area contributed by atoms with Crippen LogP contribution in [0.2, 0.25) is 0 Å². The Morgan fingerprint density at radius 1 is 1.08 bits per heavy atom. The van der Waals surface area contributed by atoms with Crippen LogP contribution in [0.15, 0.2) is 0 Å². The minimum absolute atomic E-state index is 0.201. The zero-order chi connectivity index (χ0) is 19.6.